The van der Waals surface area contributed by atoms with Crippen LogP contribution in [0.5, 0.6) is 11.5 Å². The third-order valence-corrected chi connectivity index (χ3v) is 4.65. The van der Waals surface area contributed by atoms with Gasteiger partial charge in [0.25, 0.3) is 0 Å². The van der Waals surface area contributed by atoms with Crippen LogP contribution in [-0.4, -0.2) is 20.4 Å². The summed E-state index contributed by atoms with van der Waals surface area (Å²) in [7, 11) is 2.91. The van der Waals surface area contributed by atoms with Gasteiger partial charge >= 0.3 is 6.18 Å². The number of fused-ring (bicyclic) bond motifs is 1. The zero-order valence-corrected chi connectivity index (χ0v) is 15.7. The van der Waals surface area contributed by atoms with E-state index in [0.717, 1.165) is 19.3 Å². The Morgan fingerprint density at radius 3 is 2.04 bits per heavy atom. The van der Waals surface area contributed by atoms with E-state index >= 15 is 0 Å². The Kier molecular flexibility index (Phi) is 7.18. The maximum Gasteiger partial charge on any atom is 0.417 e. The molecule has 0 fully saturated rings. The van der Waals surface area contributed by atoms with Crippen molar-refractivity contribution in [2.24, 2.45) is 0 Å². The van der Waals surface area contributed by atoms with Crippen molar-refractivity contribution < 1.29 is 22.6 Å². The number of ether oxygens (including phenoxy) is 2. The largest absolute Gasteiger partial charge is 0.493 e. The van der Waals surface area contributed by atoms with Crippen LogP contribution in [0, 0.1) is 0 Å². The quantitative estimate of drug-likeness (QED) is 0.446. The Morgan fingerprint density at radius 1 is 0.885 bits per heavy atom. The molecule has 0 saturated heterocycles. The number of hydrogen-bond donors (Lipinski definition) is 0. The first kappa shape index (κ1) is 20.4. The van der Waals surface area contributed by atoms with Gasteiger partial charge in [-0.05, 0) is 47.8 Å². The number of rotatable bonds is 9. The first-order chi connectivity index (χ1) is 12.4. The maximum absolute atomic E-state index is 13.4. The summed E-state index contributed by atoms with van der Waals surface area (Å²) < 4.78 is 50.7. The zero-order chi connectivity index (χ0) is 19.2. The highest BCUT2D eigenvalue weighted by molar-refractivity contribution is 5.98. The van der Waals surface area contributed by atoms with Gasteiger partial charge in [-0.1, -0.05) is 45.1 Å². The number of halogens is 3. The summed E-state index contributed by atoms with van der Waals surface area (Å²) in [5, 5.41) is 0. The van der Waals surface area contributed by atoms with Crippen LogP contribution in [0.1, 0.15) is 63.0 Å². The van der Waals surface area contributed by atoms with Gasteiger partial charge in [0.1, 0.15) is 0 Å². The molecule has 0 radical (unpaired) electrons. The number of unbranched alkanes of at least 4 members (excludes halogenated alkanes) is 6. The minimum absolute atomic E-state index is 0.157. The fourth-order valence-corrected chi connectivity index (χ4v) is 3.24. The lowest BCUT2D eigenvalue weighted by Gasteiger charge is -2.14. The zero-order valence-electron chi connectivity index (χ0n) is 15.7. The molecular weight excluding hydrogens is 341 g/mol. The van der Waals surface area contributed by atoms with Crippen molar-refractivity contribution in [3.05, 3.63) is 35.4 Å². The molecule has 0 saturated carbocycles. The van der Waals surface area contributed by atoms with E-state index in [0.29, 0.717) is 22.6 Å². The van der Waals surface area contributed by atoms with Gasteiger partial charge in [0.2, 0.25) is 0 Å². The van der Waals surface area contributed by atoms with E-state index in [2.05, 4.69) is 6.92 Å². The molecule has 1 aliphatic carbocycles. The summed E-state index contributed by atoms with van der Waals surface area (Å²) in [6, 6.07) is 3.05. The van der Waals surface area contributed by atoms with Crippen LogP contribution < -0.4 is 9.47 Å². The van der Waals surface area contributed by atoms with E-state index in [1.165, 1.54) is 52.0 Å². The Labute approximate surface area is 153 Å². The van der Waals surface area contributed by atoms with Crippen molar-refractivity contribution >= 4 is 11.1 Å². The molecule has 0 amide bonds. The lowest BCUT2D eigenvalue weighted by Crippen LogP contribution is -2.09. The van der Waals surface area contributed by atoms with Crippen molar-refractivity contribution in [1.29, 1.82) is 0 Å². The van der Waals surface area contributed by atoms with E-state index in [1.807, 2.05) is 6.08 Å². The van der Waals surface area contributed by atoms with E-state index in [9.17, 15) is 13.2 Å². The van der Waals surface area contributed by atoms with Crippen LogP contribution in [0.25, 0.3) is 11.1 Å². The first-order valence-electron chi connectivity index (χ1n) is 9.18. The predicted molar refractivity (Wildman–Crippen MR) is 99.5 cm³/mol. The Bertz CT molecular complexity index is 673. The third-order valence-electron chi connectivity index (χ3n) is 4.65. The van der Waals surface area contributed by atoms with Gasteiger partial charge in [-0.25, -0.2) is 0 Å². The number of methoxy groups -OCH3 is 2. The van der Waals surface area contributed by atoms with Crippen LogP contribution in [-0.2, 0) is 0 Å². The summed E-state index contributed by atoms with van der Waals surface area (Å²) in [6.07, 6.45) is 6.48. The summed E-state index contributed by atoms with van der Waals surface area (Å²) in [5.74, 6) is 0.743. The molecule has 0 N–H and O–H groups in total. The summed E-state index contributed by atoms with van der Waals surface area (Å²) in [4.78, 5) is 0. The van der Waals surface area contributed by atoms with Crippen LogP contribution in [0.15, 0.2) is 24.3 Å². The predicted octanol–water partition coefficient (Wildman–Crippen LogP) is 6.80. The van der Waals surface area contributed by atoms with Crippen molar-refractivity contribution in [3.63, 3.8) is 0 Å². The molecule has 0 heterocycles. The average molecular weight is 368 g/mol. The summed E-state index contributed by atoms with van der Waals surface area (Å²) in [5.41, 5.74) is 0.704. The number of benzene rings is 1. The van der Waals surface area contributed by atoms with Crippen LogP contribution >= 0.6 is 0 Å². The standard InChI is InChI=1S/C21H27F3O2/c1-4-5-6-7-8-9-10-11-15-12-18(21(22,23)24)17-14-20(26-3)19(25-2)13-16(15)17/h11-14H,4-10H2,1-3H3/b15-11+. The normalized spacial score (nSPS) is 15.2. The molecule has 0 atom stereocenters. The molecule has 0 aliphatic heterocycles. The summed E-state index contributed by atoms with van der Waals surface area (Å²) >= 11 is 0. The molecule has 26 heavy (non-hydrogen) atoms. The second-order valence-electron chi connectivity index (χ2n) is 6.52. The highest BCUT2D eigenvalue weighted by Gasteiger charge is 2.39. The second-order valence-corrected chi connectivity index (χ2v) is 6.52. The van der Waals surface area contributed by atoms with Crippen molar-refractivity contribution in [2.45, 2.75) is 58.0 Å². The van der Waals surface area contributed by atoms with Gasteiger partial charge in [0.05, 0.1) is 19.8 Å². The molecule has 0 bridgehead atoms. The maximum atomic E-state index is 13.4. The molecule has 0 aromatic heterocycles. The SMILES string of the molecule is CCCCCCCC/C=C1\C=C(C(F)(F)F)c2cc(OC)c(OC)cc21. The molecule has 144 valence electrons. The summed E-state index contributed by atoms with van der Waals surface area (Å²) in [6.45, 7) is 2.18. The Morgan fingerprint density at radius 2 is 1.46 bits per heavy atom. The molecular formula is C21H27F3O2. The van der Waals surface area contributed by atoms with Crippen molar-refractivity contribution in [1.82, 2.24) is 0 Å². The fraction of sp³-hybridized carbons (Fsp3) is 0.524. The van der Waals surface area contributed by atoms with E-state index in [-0.39, 0.29) is 5.56 Å². The Hall–Kier alpha value is -1.91. The average Bonchev–Trinajstić information content (AvgIpc) is 2.97. The molecule has 2 rings (SSSR count). The van der Waals surface area contributed by atoms with Crippen LogP contribution in [0.4, 0.5) is 13.2 Å². The minimum Gasteiger partial charge on any atom is -0.493 e. The Balaban J connectivity index is 2.20. The smallest absolute Gasteiger partial charge is 0.417 e. The van der Waals surface area contributed by atoms with E-state index in [1.54, 1.807) is 6.07 Å². The highest BCUT2D eigenvalue weighted by atomic mass is 19.4. The number of allylic oxidation sites excluding steroid dienone is 4. The van der Waals surface area contributed by atoms with E-state index < -0.39 is 11.7 Å². The molecule has 1 aromatic carbocycles. The molecule has 0 unspecified atom stereocenters. The molecule has 5 heteroatoms. The highest BCUT2D eigenvalue weighted by Crippen LogP contribution is 2.47. The molecule has 1 aromatic rings. The van der Waals surface area contributed by atoms with E-state index in [4.69, 9.17) is 9.47 Å². The van der Waals surface area contributed by atoms with Gasteiger partial charge in [-0.2, -0.15) is 13.2 Å². The van der Waals surface area contributed by atoms with Crippen molar-refractivity contribution in [3.8, 4) is 11.5 Å². The van der Waals surface area contributed by atoms with Crippen LogP contribution in [0.3, 0.4) is 0 Å². The lowest BCUT2D eigenvalue weighted by molar-refractivity contribution is -0.0687. The van der Waals surface area contributed by atoms with Gasteiger partial charge in [-0.15, -0.1) is 0 Å². The third kappa shape index (κ3) is 4.83. The number of alkyl halides is 3. The number of hydrogen-bond acceptors (Lipinski definition) is 2. The van der Waals surface area contributed by atoms with Crippen molar-refractivity contribution in [2.75, 3.05) is 14.2 Å². The van der Waals surface area contributed by atoms with Gasteiger partial charge in [-0.3, -0.25) is 0 Å². The molecule has 1 aliphatic rings. The second kappa shape index (κ2) is 9.15. The van der Waals surface area contributed by atoms with Gasteiger partial charge < -0.3 is 9.47 Å². The monoisotopic (exact) mass is 368 g/mol. The lowest BCUT2D eigenvalue weighted by atomic mass is 10.0. The van der Waals surface area contributed by atoms with Gasteiger partial charge in [0.15, 0.2) is 11.5 Å². The molecule has 2 nitrogen and oxygen atoms in total. The molecule has 0 spiro atoms. The first-order valence-corrected chi connectivity index (χ1v) is 9.18. The van der Waals surface area contributed by atoms with Crippen LogP contribution in [0.2, 0.25) is 0 Å². The minimum atomic E-state index is -4.40. The fourth-order valence-electron chi connectivity index (χ4n) is 3.24. The van der Waals surface area contributed by atoms with Gasteiger partial charge in [0, 0.05) is 0 Å². The topological polar surface area (TPSA) is 18.5 Å².